The molecule has 0 aromatic carbocycles. The molecule has 1 nitrogen and oxygen atoms in total. The molecule has 0 fully saturated rings. The van der Waals surface area contributed by atoms with Crippen LogP contribution >= 0.6 is 0 Å². The Kier molecular flexibility index (Phi) is 3.02. The summed E-state index contributed by atoms with van der Waals surface area (Å²) in [7, 11) is 0. The van der Waals surface area contributed by atoms with Crippen LogP contribution in [0.4, 0.5) is 0 Å². The van der Waals surface area contributed by atoms with Gasteiger partial charge in [-0.2, -0.15) is 0 Å². The molecule has 1 aromatic heterocycles. The quantitative estimate of drug-likeness (QED) is 0.343. The summed E-state index contributed by atoms with van der Waals surface area (Å²) < 4.78 is 0. The maximum Gasteiger partial charge on any atom is 1.00 e. The van der Waals surface area contributed by atoms with Gasteiger partial charge in [0.2, 0.25) is 0 Å². The summed E-state index contributed by atoms with van der Waals surface area (Å²) in [6, 6.07) is 3.89. The average molecular weight is 74.0 g/mol. The number of hydrogen-bond acceptors (Lipinski definition) is 0. The van der Waals surface area contributed by atoms with E-state index < -0.39 is 0 Å². The summed E-state index contributed by atoms with van der Waals surface area (Å²) in [6.07, 6.45) is 3.75. The topological polar surface area (TPSA) is 15.8 Å². The van der Waals surface area contributed by atoms with Gasteiger partial charge in [-0.15, -0.1) is 0 Å². The van der Waals surface area contributed by atoms with Crippen molar-refractivity contribution in [2.45, 2.75) is 0 Å². The molecule has 0 aliphatic heterocycles. The van der Waals surface area contributed by atoms with E-state index in [0.29, 0.717) is 0 Å². The third-order valence-electron chi connectivity index (χ3n) is 0.496. The zero-order valence-electron chi connectivity index (χ0n) is 3.81. The van der Waals surface area contributed by atoms with Gasteiger partial charge >= 0.3 is 18.9 Å². The minimum atomic E-state index is 0. The van der Waals surface area contributed by atoms with Crippen LogP contribution in [-0.2, 0) is 0 Å². The summed E-state index contributed by atoms with van der Waals surface area (Å²) in [5, 5.41) is 0. The molecule has 1 heterocycles. The predicted octanol–water partition coefficient (Wildman–Crippen LogP) is -1.98. The molecular formula is C4H5LiN+. The van der Waals surface area contributed by atoms with Gasteiger partial charge < -0.3 is 4.98 Å². The fourth-order valence-electron chi connectivity index (χ4n) is 0.278. The zero-order valence-corrected chi connectivity index (χ0v) is 3.81. The van der Waals surface area contributed by atoms with Gasteiger partial charge in [-0.1, -0.05) is 0 Å². The van der Waals surface area contributed by atoms with Crippen molar-refractivity contribution in [3.05, 3.63) is 24.5 Å². The van der Waals surface area contributed by atoms with Gasteiger partial charge in [-0.25, -0.2) is 0 Å². The minimum Gasteiger partial charge on any atom is -0.368 e. The van der Waals surface area contributed by atoms with E-state index in [1.807, 2.05) is 24.5 Å². The second-order valence-electron chi connectivity index (χ2n) is 0.885. The molecule has 0 amide bonds. The van der Waals surface area contributed by atoms with Crippen LogP contribution in [0.25, 0.3) is 0 Å². The normalized spacial score (nSPS) is 6.67. The summed E-state index contributed by atoms with van der Waals surface area (Å²) in [5.41, 5.74) is 0. The molecule has 0 atom stereocenters. The Labute approximate surface area is 48.9 Å². The molecule has 0 spiro atoms. The van der Waals surface area contributed by atoms with Gasteiger partial charge in [0.05, 0.1) is 0 Å². The smallest absolute Gasteiger partial charge is 0.368 e. The maximum absolute atomic E-state index is 2.86. The molecule has 6 heavy (non-hydrogen) atoms. The van der Waals surface area contributed by atoms with E-state index in [0.717, 1.165) is 0 Å². The van der Waals surface area contributed by atoms with Gasteiger partial charge in [-0.05, 0) is 12.1 Å². The molecule has 1 aromatic rings. The summed E-state index contributed by atoms with van der Waals surface area (Å²) >= 11 is 0. The summed E-state index contributed by atoms with van der Waals surface area (Å²) in [5.74, 6) is 0. The van der Waals surface area contributed by atoms with Crippen molar-refractivity contribution in [2.24, 2.45) is 0 Å². The fourth-order valence-corrected chi connectivity index (χ4v) is 0.278. The molecule has 0 unspecified atom stereocenters. The van der Waals surface area contributed by atoms with Crippen molar-refractivity contribution in [2.75, 3.05) is 0 Å². The van der Waals surface area contributed by atoms with Gasteiger partial charge in [0.15, 0.2) is 0 Å². The molecule has 0 radical (unpaired) electrons. The van der Waals surface area contributed by atoms with E-state index in [2.05, 4.69) is 4.98 Å². The molecule has 0 saturated heterocycles. The molecule has 1 rings (SSSR count). The van der Waals surface area contributed by atoms with Gasteiger partial charge in [0.25, 0.3) is 0 Å². The van der Waals surface area contributed by atoms with Crippen molar-refractivity contribution in [1.29, 1.82) is 0 Å². The average Bonchev–Trinajstić information content (AvgIpc) is 1.76. The molecule has 26 valence electrons. The van der Waals surface area contributed by atoms with Crippen LogP contribution in [0.15, 0.2) is 24.5 Å². The van der Waals surface area contributed by atoms with Gasteiger partial charge in [0.1, 0.15) is 0 Å². The van der Waals surface area contributed by atoms with Crippen LogP contribution in [-0.4, -0.2) is 4.98 Å². The van der Waals surface area contributed by atoms with E-state index in [-0.39, 0.29) is 18.9 Å². The first-order chi connectivity index (χ1) is 2.50. The monoisotopic (exact) mass is 74.1 g/mol. The number of rotatable bonds is 0. The Morgan fingerprint density at radius 2 is 1.50 bits per heavy atom. The minimum absolute atomic E-state index is 0. The van der Waals surface area contributed by atoms with E-state index in [1.165, 1.54) is 0 Å². The van der Waals surface area contributed by atoms with Crippen molar-refractivity contribution < 1.29 is 18.9 Å². The van der Waals surface area contributed by atoms with Crippen LogP contribution in [0.3, 0.4) is 0 Å². The molecule has 0 saturated carbocycles. The van der Waals surface area contributed by atoms with Crippen molar-refractivity contribution in [3.8, 4) is 0 Å². The number of H-pyrrole nitrogens is 1. The van der Waals surface area contributed by atoms with E-state index in [1.54, 1.807) is 0 Å². The zero-order chi connectivity index (χ0) is 3.54. The Bertz CT molecular complexity index is 64.0. The third kappa shape index (κ3) is 1.35. The van der Waals surface area contributed by atoms with Crippen LogP contribution in [0.2, 0.25) is 0 Å². The SMILES string of the molecule is [Li+].c1cc[nH]c1. The van der Waals surface area contributed by atoms with E-state index in [9.17, 15) is 0 Å². The second kappa shape index (κ2) is 3.08. The van der Waals surface area contributed by atoms with Gasteiger partial charge in [-0.3, -0.25) is 0 Å². The molecule has 0 bridgehead atoms. The molecule has 1 N–H and O–H groups in total. The Hall–Kier alpha value is -0.123. The molecular weight excluding hydrogens is 69.0 g/mol. The van der Waals surface area contributed by atoms with Crippen LogP contribution in [0, 0.1) is 0 Å². The van der Waals surface area contributed by atoms with Crippen LogP contribution in [0.5, 0.6) is 0 Å². The first kappa shape index (κ1) is 5.88. The van der Waals surface area contributed by atoms with Crippen LogP contribution in [0.1, 0.15) is 0 Å². The Morgan fingerprint density at radius 3 is 1.67 bits per heavy atom. The first-order valence-electron chi connectivity index (χ1n) is 1.58. The maximum atomic E-state index is 2.86. The van der Waals surface area contributed by atoms with Crippen molar-refractivity contribution >= 4 is 0 Å². The molecule has 2 heteroatoms. The first-order valence-corrected chi connectivity index (χ1v) is 1.58. The fraction of sp³-hybridized carbons (Fsp3) is 0. The predicted molar refractivity (Wildman–Crippen MR) is 20.8 cm³/mol. The third-order valence-corrected chi connectivity index (χ3v) is 0.496. The molecule has 0 aliphatic carbocycles. The Morgan fingerprint density at radius 1 is 1.00 bits per heavy atom. The number of aromatic amines is 1. The number of hydrogen-bond donors (Lipinski definition) is 1. The largest absolute Gasteiger partial charge is 1.00 e. The van der Waals surface area contributed by atoms with E-state index >= 15 is 0 Å². The standard InChI is InChI=1S/C4H5N.Li/c1-2-4-5-3-1;/h1-5H;/q;+1. The molecule has 0 aliphatic rings. The summed E-state index contributed by atoms with van der Waals surface area (Å²) in [4.78, 5) is 2.86. The van der Waals surface area contributed by atoms with Gasteiger partial charge in [0, 0.05) is 12.4 Å². The van der Waals surface area contributed by atoms with Crippen molar-refractivity contribution in [3.63, 3.8) is 0 Å². The Balaban J connectivity index is 0.000000250. The number of aromatic nitrogens is 1. The number of nitrogens with one attached hydrogen (secondary N) is 1. The second-order valence-corrected chi connectivity index (χ2v) is 0.885. The van der Waals surface area contributed by atoms with Crippen LogP contribution < -0.4 is 18.9 Å². The summed E-state index contributed by atoms with van der Waals surface area (Å²) in [6.45, 7) is 0. The van der Waals surface area contributed by atoms with E-state index in [4.69, 9.17) is 0 Å². The van der Waals surface area contributed by atoms with Crippen molar-refractivity contribution in [1.82, 2.24) is 4.98 Å².